The SMILES string of the molecule is COc1cc(/C=N/NC(=O)c2ccc3c(c2)OCO3)cc([N+](=O)[O-])c1O. The zero-order valence-electron chi connectivity index (χ0n) is 13.5. The molecule has 0 spiro atoms. The predicted molar refractivity (Wildman–Crippen MR) is 88.9 cm³/mol. The molecule has 2 aromatic rings. The molecule has 26 heavy (non-hydrogen) atoms. The lowest BCUT2D eigenvalue weighted by Gasteiger charge is -2.05. The van der Waals surface area contributed by atoms with Gasteiger partial charge in [0.2, 0.25) is 12.5 Å². The Morgan fingerprint density at radius 3 is 2.85 bits per heavy atom. The molecule has 10 nitrogen and oxygen atoms in total. The zero-order chi connectivity index (χ0) is 18.7. The topological polar surface area (TPSA) is 133 Å². The van der Waals surface area contributed by atoms with Crippen molar-refractivity contribution in [3.8, 4) is 23.0 Å². The standard InChI is InChI=1S/C16H13N3O7/c1-24-14-5-9(4-11(15(14)20)19(22)23)7-17-18-16(21)10-2-3-12-13(6-10)26-8-25-12/h2-7,20H,8H2,1H3,(H,18,21)/b17-7+. The van der Waals surface area contributed by atoms with E-state index in [1.165, 1.54) is 25.5 Å². The van der Waals surface area contributed by atoms with Crippen molar-refractivity contribution in [3.63, 3.8) is 0 Å². The van der Waals surface area contributed by atoms with E-state index in [4.69, 9.17) is 14.2 Å². The number of nitro groups is 1. The van der Waals surface area contributed by atoms with E-state index in [0.29, 0.717) is 17.1 Å². The maximum absolute atomic E-state index is 12.1. The second-order valence-electron chi connectivity index (χ2n) is 5.12. The Morgan fingerprint density at radius 1 is 1.35 bits per heavy atom. The lowest BCUT2D eigenvalue weighted by atomic mass is 10.2. The number of phenols is 1. The van der Waals surface area contributed by atoms with Gasteiger partial charge in [0, 0.05) is 17.2 Å². The lowest BCUT2D eigenvalue weighted by molar-refractivity contribution is -0.386. The van der Waals surface area contributed by atoms with Gasteiger partial charge in [-0.15, -0.1) is 0 Å². The maximum Gasteiger partial charge on any atom is 0.315 e. The third-order valence-electron chi connectivity index (χ3n) is 3.51. The summed E-state index contributed by atoms with van der Waals surface area (Å²) in [5.74, 6) is -0.157. The third kappa shape index (κ3) is 3.34. The van der Waals surface area contributed by atoms with Crippen molar-refractivity contribution in [1.29, 1.82) is 0 Å². The Hall–Kier alpha value is -3.82. The fourth-order valence-electron chi connectivity index (χ4n) is 2.25. The van der Waals surface area contributed by atoms with Crippen molar-refractivity contribution in [3.05, 3.63) is 51.6 Å². The quantitative estimate of drug-likeness (QED) is 0.472. The molecule has 3 rings (SSSR count). The van der Waals surface area contributed by atoms with Gasteiger partial charge in [0.05, 0.1) is 18.2 Å². The molecule has 0 unspecified atom stereocenters. The van der Waals surface area contributed by atoms with Crippen molar-refractivity contribution >= 4 is 17.8 Å². The van der Waals surface area contributed by atoms with Gasteiger partial charge in [0.15, 0.2) is 17.2 Å². The van der Waals surface area contributed by atoms with Gasteiger partial charge in [-0.2, -0.15) is 5.10 Å². The lowest BCUT2D eigenvalue weighted by Crippen LogP contribution is -2.17. The number of nitro benzene ring substituents is 1. The first-order valence-electron chi connectivity index (χ1n) is 7.28. The second kappa shape index (κ2) is 6.97. The Balaban J connectivity index is 1.75. The molecule has 2 N–H and O–H groups in total. The number of hydrogen-bond acceptors (Lipinski definition) is 8. The average molecular weight is 359 g/mol. The van der Waals surface area contributed by atoms with Gasteiger partial charge in [-0.1, -0.05) is 0 Å². The normalized spacial score (nSPS) is 12.2. The molecular formula is C16H13N3O7. The fraction of sp³-hybridized carbons (Fsp3) is 0.125. The highest BCUT2D eigenvalue weighted by Crippen LogP contribution is 2.36. The number of nitrogens with zero attached hydrogens (tertiary/aromatic N) is 2. The van der Waals surface area contributed by atoms with Gasteiger partial charge >= 0.3 is 5.69 Å². The van der Waals surface area contributed by atoms with Crippen LogP contribution in [0.15, 0.2) is 35.4 Å². The summed E-state index contributed by atoms with van der Waals surface area (Å²) in [6.07, 6.45) is 1.19. The number of benzene rings is 2. The molecule has 1 aliphatic heterocycles. The number of methoxy groups -OCH3 is 1. The van der Waals surface area contributed by atoms with E-state index in [1.807, 2.05) is 0 Å². The molecule has 0 saturated carbocycles. The number of hydrazone groups is 1. The first-order valence-corrected chi connectivity index (χ1v) is 7.28. The maximum atomic E-state index is 12.1. The summed E-state index contributed by atoms with van der Waals surface area (Å²) < 4.78 is 15.2. The summed E-state index contributed by atoms with van der Waals surface area (Å²) in [5.41, 5.74) is 2.33. The summed E-state index contributed by atoms with van der Waals surface area (Å²) in [6.45, 7) is 0.0972. The van der Waals surface area contributed by atoms with Crippen LogP contribution in [0.5, 0.6) is 23.0 Å². The highest BCUT2D eigenvalue weighted by atomic mass is 16.7. The van der Waals surface area contributed by atoms with E-state index >= 15 is 0 Å². The van der Waals surface area contributed by atoms with Crippen LogP contribution in [0.3, 0.4) is 0 Å². The van der Waals surface area contributed by atoms with Crippen molar-refractivity contribution in [2.75, 3.05) is 13.9 Å². The van der Waals surface area contributed by atoms with Crippen LogP contribution in [0.2, 0.25) is 0 Å². The smallest absolute Gasteiger partial charge is 0.315 e. The second-order valence-corrected chi connectivity index (χ2v) is 5.12. The van der Waals surface area contributed by atoms with Crippen LogP contribution in [0.1, 0.15) is 15.9 Å². The molecule has 2 aromatic carbocycles. The molecule has 10 heteroatoms. The number of hydrogen-bond donors (Lipinski definition) is 2. The van der Waals surface area contributed by atoms with Gasteiger partial charge in [-0.25, -0.2) is 5.43 Å². The number of ether oxygens (including phenoxy) is 3. The van der Waals surface area contributed by atoms with E-state index in [9.17, 15) is 20.0 Å². The fourth-order valence-corrected chi connectivity index (χ4v) is 2.25. The molecule has 0 aliphatic carbocycles. The molecule has 0 saturated heterocycles. The van der Waals surface area contributed by atoms with Crippen molar-refractivity contribution < 1.29 is 29.0 Å². The molecule has 0 radical (unpaired) electrons. The first kappa shape index (κ1) is 17.0. The monoisotopic (exact) mass is 359 g/mol. The number of amides is 1. The molecule has 0 aromatic heterocycles. The van der Waals surface area contributed by atoms with Crippen LogP contribution in [0.4, 0.5) is 5.69 Å². The Kier molecular flexibility index (Phi) is 4.56. The predicted octanol–water partition coefficient (Wildman–Crippen LogP) is 1.80. The van der Waals surface area contributed by atoms with Gasteiger partial charge in [0.1, 0.15) is 0 Å². The molecule has 1 amide bonds. The van der Waals surface area contributed by atoms with Gasteiger partial charge in [0.25, 0.3) is 5.91 Å². The summed E-state index contributed by atoms with van der Waals surface area (Å²) in [4.78, 5) is 22.3. The third-order valence-corrected chi connectivity index (χ3v) is 3.51. The summed E-state index contributed by atoms with van der Waals surface area (Å²) >= 11 is 0. The number of carbonyl (C=O) groups excluding carboxylic acids is 1. The largest absolute Gasteiger partial charge is 0.500 e. The van der Waals surface area contributed by atoms with Crippen LogP contribution < -0.4 is 19.6 Å². The minimum atomic E-state index is -0.750. The minimum Gasteiger partial charge on any atom is -0.500 e. The molecule has 134 valence electrons. The Labute approximate surface area is 146 Å². The molecular weight excluding hydrogens is 346 g/mol. The summed E-state index contributed by atoms with van der Waals surface area (Å²) in [7, 11) is 1.26. The van der Waals surface area contributed by atoms with E-state index in [2.05, 4.69) is 10.5 Å². The van der Waals surface area contributed by atoms with Crippen LogP contribution in [0.25, 0.3) is 0 Å². The molecule has 0 fully saturated rings. The minimum absolute atomic E-state index is 0.0808. The van der Waals surface area contributed by atoms with Crippen molar-refractivity contribution in [1.82, 2.24) is 5.43 Å². The number of phenolic OH excluding ortho intramolecular Hbond substituents is 1. The van der Waals surface area contributed by atoms with E-state index in [0.717, 1.165) is 6.07 Å². The van der Waals surface area contributed by atoms with E-state index in [1.54, 1.807) is 12.1 Å². The van der Waals surface area contributed by atoms with Gasteiger partial charge < -0.3 is 19.3 Å². The van der Waals surface area contributed by atoms with Crippen LogP contribution in [-0.2, 0) is 0 Å². The number of aromatic hydroxyl groups is 1. The number of rotatable bonds is 5. The number of carbonyl (C=O) groups is 1. The molecule has 1 aliphatic rings. The first-order chi connectivity index (χ1) is 12.5. The highest BCUT2D eigenvalue weighted by molar-refractivity contribution is 5.95. The van der Waals surface area contributed by atoms with Crippen LogP contribution in [-0.4, -0.2) is 36.1 Å². The molecule has 0 atom stereocenters. The summed E-state index contributed by atoms with van der Waals surface area (Å²) in [6, 6.07) is 7.12. The van der Waals surface area contributed by atoms with Crippen molar-refractivity contribution in [2.45, 2.75) is 0 Å². The summed E-state index contributed by atoms with van der Waals surface area (Å²) in [5, 5.41) is 24.4. The van der Waals surface area contributed by atoms with Gasteiger partial charge in [-0.05, 0) is 24.3 Å². The molecule has 0 bridgehead atoms. The van der Waals surface area contributed by atoms with Gasteiger partial charge in [-0.3, -0.25) is 14.9 Å². The number of fused-ring (bicyclic) bond motifs is 1. The highest BCUT2D eigenvalue weighted by Gasteiger charge is 2.19. The Bertz CT molecular complexity index is 911. The van der Waals surface area contributed by atoms with Crippen molar-refractivity contribution in [2.24, 2.45) is 5.10 Å². The molecule has 1 heterocycles. The van der Waals surface area contributed by atoms with Crippen LogP contribution >= 0.6 is 0 Å². The number of nitrogens with one attached hydrogen (secondary N) is 1. The average Bonchev–Trinajstić information content (AvgIpc) is 3.10. The van der Waals surface area contributed by atoms with Crippen LogP contribution in [0, 0.1) is 10.1 Å². The van der Waals surface area contributed by atoms with E-state index in [-0.39, 0.29) is 18.1 Å². The zero-order valence-corrected chi connectivity index (χ0v) is 13.5. The van der Waals surface area contributed by atoms with E-state index < -0.39 is 22.3 Å². The Morgan fingerprint density at radius 2 is 2.12 bits per heavy atom.